The normalized spacial score (nSPS) is 15.6. The molecule has 0 heterocycles. The molecule has 0 rings (SSSR count). The zero-order chi connectivity index (χ0) is 8.20. The summed E-state index contributed by atoms with van der Waals surface area (Å²) in [4.78, 5) is 16.2. The molecule has 60 valence electrons. The van der Waals surface area contributed by atoms with E-state index in [1.165, 1.54) is 6.92 Å². The van der Waals surface area contributed by atoms with E-state index in [-0.39, 0.29) is 0 Å². The predicted octanol–water partition coefficient (Wildman–Crippen LogP) is -0.00980. The first-order chi connectivity index (χ1) is 4.42. The van der Waals surface area contributed by atoms with Crippen molar-refractivity contribution in [1.29, 1.82) is 0 Å². The maximum absolute atomic E-state index is 9.95. The standard InChI is InChI=1S/C4H9O5P/c1-4(5)2-3-9-10(6,7)8/h2-5H,1H3,(H2,6,7,8)/b3-2+. The fraction of sp³-hybridized carbons (Fsp3) is 0.500. The highest BCUT2D eigenvalue weighted by molar-refractivity contribution is 7.46. The molecule has 0 amide bonds. The van der Waals surface area contributed by atoms with Crippen molar-refractivity contribution < 1.29 is 24.0 Å². The molecule has 3 N–H and O–H groups in total. The van der Waals surface area contributed by atoms with Gasteiger partial charge in [-0.1, -0.05) is 0 Å². The molecule has 0 spiro atoms. The molecule has 0 fully saturated rings. The summed E-state index contributed by atoms with van der Waals surface area (Å²) in [6.45, 7) is 1.43. The van der Waals surface area contributed by atoms with Crippen LogP contribution >= 0.6 is 7.82 Å². The van der Waals surface area contributed by atoms with Crippen molar-refractivity contribution >= 4 is 7.82 Å². The minimum atomic E-state index is -4.42. The average Bonchev–Trinajstić information content (AvgIpc) is 1.59. The number of hydrogen-bond donors (Lipinski definition) is 3. The number of aliphatic hydroxyl groups is 1. The molecule has 1 atom stereocenters. The number of phosphoric acid groups is 1. The molecule has 0 radical (unpaired) electrons. The third kappa shape index (κ3) is 7.65. The van der Waals surface area contributed by atoms with Crippen LogP contribution in [0.2, 0.25) is 0 Å². The zero-order valence-electron chi connectivity index (χ0n) is 5.34. The van der Waals surface area contributed by atoms with Crippen LogP contribution in [0.1, 0.15) is 6.92 Å². The summed E-state index contributed by atoms with van der Waals surface area (Å²) in [5.74, 6) is 0. The number of hydrogen-bond acceptors (Lipinski definition) is 3. The maximum Gasteiger partial charge on any atom is 0.524 e. The second-order valence-electron chi connectivity index (χ2n) is 1.67. The van der Waals surface area contributed by atoms with Gasteiger partial charge in [-0.25, -0.2) is 4.57 Å². The van der Waals surface area contributed by atoms with E-state index in [0.29, 0.717) is 0 Å². The van der Waals surface area contributed by atoms with E-state index in [2.05, 4.69) is 4.52 Å². The summed E-state index contributed by atoms with van der Waals surface area (Å²) in [7, 11) is -4.42. The molecule has 0 aromatic carbocycles. The van der Waals surface area contributed by atoms with E-state index in [0.717, 1.165) is 12.3 Å². The van der Waals surface area contributed by atoms with Crippen LogP contribution in [0.3, 0.4) is 0 Å². The third-order valence-corrected chi connectivity index (χ3v) is 0.952. The van der Waals surface area contributed by atoms with E-state index in [1.54, 1.807) is 0 Å². The molecule has 6 heteroatoms. The van der Waals surface area contributed by atoms with Crippen molar-refractivity contribution in [2.45, 2.75) is 13.0 Å². The Balaban J connectivity index is 3.65. The second-order valence-corrected chi connectivity index (χ2v) is 2.86. The lowest BCUT2D eigenvalue weighted by atomic mass is 10.4. The molecular weight excluding hydrogens is 159 g/mol. The Kier molecular flexibility index (Phi) is 3.60. The van der Waals surface area contributed by atoms with Crippen molar-refractivity contribution in [2.75, 3.05) is 0 Å². The smallest absolute Gasteiger partial charge is 0.412 e. The SMILES string of the molecule is CC(O)/C=C/OP(=O)(O)O. The van der Waals surface area contributed by atoms with Crippen LogP contribution in [0, 0.1) is 0 Å². The molecule has 0 saturated carbocycles. The van der Waals surface area contributed by atoms with Crippen LogP contribution in [0.5, 0.6) is 0 Å². The van der Waals surface area contributed by atoms with Crippen LogP contribution in [0.25, 0.3) is 0 Å². The quantitative estimate of drug-likeness (QED) is 0.407. The van der Waals surface area contributed by atoms with Gasteiger partial charge in [-0.2, -0.15) is 0 Å². The van der Waals surface area contributed by atoms with Crippen molar-refractivity contribution in [1.82, 2.24) is 0 Å². The fourth-order valence-electron chi connectivity index (χ4n) is 0.228. The first kappa shape index (κ1) is 9.65. The van der Waals surface area contributed by atoms with Gasteiger partial charge in [0.25, 0.3) is 0 Å². The molecule has 5 nitrogen and oxygen atoms in total. The van der Waals surface area contributed by atoms with Gasteiger partial charge in [0.15, 0.2) is 0 Å². The topological polar surface area (TPSA) is 87.0 Å². The largest absolute Gasteiger partial charge is 0.524 e. The number of aliphatic hydroxyl groups excluding tert-OH is 1. The Morgan fingerprint density at radius 2 is 2.10 bits per heavy atom. The number of rotatable bonds is 3. The van der Waals surface area contributed by atoms with E-state index < -0.39 is 13.9 Å². The van der Waals surface area contributed by atoms with Crippen molar-refractivity contribution in [3.8, 4) is 0 Å². The van der Waals surface area contributed by atoms with Gasteiger partial charge >= 0.3 is 7.82 Å². The third-order valence-electron chi connectivity index (χ3n) is 0.555. The summed E-state index contributed by atoms with van der Waals surface area (Å²) in [6, 6.07) is 0. The first-order valence-electron chi connectivity index (χ1n) is 2.50. The van der Waals surface area contributed by atoms with Gasteiger partial charge in [0.2, 0.25) is 0 Å². The highest BCUT2D eigenvalue weighted by Gasteiger charge is 2.11. The van der Waals surface area contributed by atoms with Crippen LogP contribution in [-0.2, 0) is 9.09 Å². The molecule has 0 aliphatic rings. The lowest BCUT2D eigenvalue weighted by molar-refractivity contribution is 0.233. The lowest BCUT2D eigenvalue weighted by Crippen LogP contribution is -1.92. The van der Waals surface area contributed by atoms with E-state index in [1.807, 2.05) is 0 Å². The van der Waals surface area contributed by atoms with Crippen LogP contribution in [0.4, 0.5) is 0 Å². The van der Waals surface area contributed by atoms with Crippen molar-refractivity contribution in [3.05, 3.63) is 12.3 Å². The summed E-state index contributed by atoms with van der Waals surface area (Å²) in [5.41, 5.74) is 0. The minimum absolute atomic E-state index is 0.769. The van der Waals surface area contributed by atoms with Gasteiger partial charge in [-0.15, -0.1) is 0 Å². The Hall–Kier alpha value is -0.350. The summed E-state index contributed by atoms with van der Waals surface area (Å²) in [5, 5.41) is 8.53. The molecule has 0 saturated heterocycles. The fourth-order valence-corrected chi connectivity index (χ4v) is 0.457. The average molecular weight is 168 g/mol. The first-order valence-corrected chi connectivity index (χ1v) is 4.03. The minimum Gasteiger partial charge on any atom is -0.412 e. The Morgan fingerprint density at radius 3 is 2.40 bits per heavy atom. The predicted molar refractivity (Wildman–Crippen MR) is 33.9 cm³/mol. The summed E-state index contributed by atoms with van der Waals surface area (Å²) < 4.78 is 13.8. The molecule has 0 aromatic rings. The lowest BCUT2D eigenvalue weighted by Gasteiger charge is -2.00. The van der Waals surface area contributed by atoms with E-state index in [4.69, 9.17) is 14.9 Å². The molecule has 1 unspecified atom stereocenters. The Labute approximate surface area is 58.2 Å². The van der Waals surface area contributed by atoms with Gasteiger partial charge in [-0.3, -0.25) is 9.79 Å². The second kappa shape index (κ2) is 3.73. The maximum atomic E-state index is 9.95. The highest BCUT2D eigenvalue weighted by Crippen LogP contribution is 2.35. The Bertz CT molecular complexity index is 157. The van der Waals surface area contributed by atoms with E-state index >= 15 is 0 Å². The molecule has 0 bridgehead atoms. The van der Waals surface area contributed by atoms with E-state index in [9.17, 15) is 4.57 Å². The Morgan fingerprint density at radius 1 is 1.60 bits per heavy atom. The van der Waals surface area contributed by atoms with Crippen molar-refractivity contribution in [3.63, 3.8) is 0 Å². The van der Waals surface area contributed by atoms with Gasteiger partial charge in [0.05, 0.1) is 12.4 Å². The van der Waals surface area contributed by atoms with Gasteiger partial charge < -0.3 is 9.63 Å². The van der Waals surface area contributed by atoms with Crippen LogP contribution in [0.15, 0.2) is 12.3 Å². The van der Waals surface area contributed by atoms with Gasteiger partial charge in [0, 0.05) is 0 Å². The van der Waals surface area contributed by atoms with Crippen molar-refractivity contribution in [2.24, 2.45) is 0 Å². The molecular formula is C4H9O5P. The van der Waals surface area contributed by atoms with Gasteiger partial charge in [0.1, 0.15) is 0 Å². The molecule has 10 heavy (non-hydrogen) atoms. The molecule has 0 aromatic heterocycles. The van der Waals surface area contributed by atoms with Gasteiger partial charge in [-0.05, 0) is 13.0 Å². The highest BCUT2D eigenvalue weighted by atomic mass is 31.2. The van der Waals surface area contributed by atoms with Crippen LogP contribution in [-0.4, -0.2) is 21.0 Å². The molecule has 0 aliphatic carbocycles. The van der Waals surface area contributed by atoms with Crippen LogP contribution < -0.4 is 0 Å². The monoisotopic (exact) mass is 168 g/mol. The summed E-state index contributed by atoms with van der Waals surface area (Å²) >= 11 is 0. The zero-order valence-corrected chi connectivity index (χ0v) is 6.23. The number of phosphoric ester groups is 1. The molecule has 0 aliphatic heterocycles. The summed E-state index contributed by atoms with van der Waals surface area (Å²) in [6.07, 6.45) is 1.11.